The first-order valence-electron chi connectivity index (χ1n) is 11.7. The fourth-order valence-electron chi connectivity index (χ4n) is 4.02. The highest BCUT2D eigenvalue weighted by molar-refractivity contribution is 5.72. The number of esters is 1. The number of carbonyl (C=O) groups is 2. The molecule has 1 aromatic carbocycles. The minimum atomic E-state index is -1.00. The van der Waals surface area contributed by atoms with Gasteiger partial charge >= 0.3 is 11.9 Å². The fourth-order valence-corrected chi connectivity index (χ4v) is 4.02. The maximum atomic E-state index is 11.9. The van der Waals surface area contributed by atoms with Gasteiger partial charge in [0, 0.05) is 13.2 Å². The summed E-state index contributed by atoms with van der Waals surface area (Å²) < 4.78 is 20.8. The van der Waals surface area contributed by atoms with Crippen molar-refractivity contribution in [3.63, 3.8) is 0 Å². The van der Waals surface area contributed by atoms with Crippen LogP contribution in [-0.2, 0) is 20.9 Å². The fraction of sp³-hybridized carbons (Fsp3) is 0.667. The molecule has 2 aliphatic carbocycles. The molecule has 0 spiro atoms. The highest BCUT2D eigenvalue weighted by Gasteiger charge is 2.27. The van der Waals surface area contributed by atoms with Gasteiger partial charge in [-0.05, 0) is 68.8 Å². The minimum Gasteiger partial charge on any atom is -0.481 e. The summed E-state index contributed by atoms with van der Waals surface area (Å²) in [4.78, 5) is 22.4. The zero-order valence-electron chi connectivity index (χ0n) is 19.1. The van der Waals surface area contributed by atoms with Crippen LogP contribution in [0.1, 0.15) is 58.3 Å². The molecule has 0 unspecified atom stereocenters. The number of carbonyl (C=O) groups excluding carboxylic acids is 1. The van der Waals surface area contributed by atoms with Gasteiger partial charge in [-0.3, -0.25) is 14.0 Å². The Hall–Kier alpha value is -1.99. The van der Waals surface area contributed by atoms with Gasteiger partial charge in [0.15, 0.2) is 0 Å². The van der Waals surface area contributed by atoms with Gasteiger partial charge in [0.2, 0.25) is 0 Å². The van der Waals surface area contributed by atoms with Gasteiger partial charge in [-0.25, -0.2) is 0 Å². The number of aliphatic hydroxyl groups is 2. The third-order valence-electron chi connectivity index (χ3n) is 6.12. The van der Waals surface area contributed by atoms with Crippen molar-refractivity contribution < 1.29 is 35.4 Å². The Bertz CT molecular complexity index is 629. The predicted octanol–water partition coefficient (Wildman–Crippen LogP) is 3.98. The van der Waals surface area contributed by atoms with Crippen molar-refractivity contribution in [2.75, 3.05) is 20.4 Å². The minimum absolute atomic E-state index is 0.0245. The van der Waals surface area contributed by atoms with Gasteiger partial charge < -0.3 is 20.1 Å². The van der Waals surface area contributed by atoms with E-state index >= 15 is 0 Å². The molecule has 0 aliphatic heterocycles. The lowest BCUT2D eigenvalue weighted by Crippen LogP contribution is -2.24. The summed E-state index contributed by atoms with van der Waals surface area (Å²) in [6, 6.07) is 9.73. The number of rotatable bonds is 6. The Morgan fingerprint density at radius 1 is 0.935 bits per heavy atom. The number of aliphatic hydroxyl groups excluding tert-OH is 2. The second kappa shape index (κ2) is 15.8. The van der Waals surface area contributed by atoms with Crippen molar-refractivity contribution in [2.45, 2.75) is 58.0 Å². The van der Waals surface area contributed by atoms with Crippen LogP contribution in [0, 0.1) is 23.7 Å². The van der Waals surface area contributed by atoms with Crippen LogP contribution in [0.4, 0.5) is 4.39 Å². The quantitative estimate of drug-likeness (QED) is 0.577. The number of alkyl halides is 1. The topological polar surface area (TPSA) is 104 Å². The lowest BCUT2D eigenvalue weighted by atomic mass is 9.82. The summed E-state index contributed by atoms with van der Waals surface area (Å²) in [6.45, 7) is 0.817. The largest absolute Gasteiger partial charge is 0.481 e. The van der Waals surface area contributed by atoms with Gasteiger partial charge in [-0.15, -0.1) is 0 Å². The number of hydrogen-bond acceptors (Lipinski definition) is 5. The van der Waals surface area contributed by atoms with E-state index in [4.69, 9.17) is 21.4 Å². The van der Waals surface area contributed by atoms with E-state index in [9.17, 15) is 14.0 Å². The summed E-state index contributed by atoms with van der Waals surface area (Å²) in [5, 5.41) is 26.5. The summed E-state index contributed by atoms with van der Waals surface area (Å²) in [6.07, 6.45) is 6.77. The lowest BCUT2D eigenvalue weighted by molar-refractivity contribution is -0.151. The first kappa shape index (κ1) is 25.3. The Morgan fingerprint density at radius 2 is 1.39 bits per heavy atom. The van der Waals surface area contributed by atoms with E-state index in [1.165, 1.54) is 0 Å². The number of ether oxygens (including phenoxy) is 1. The van der Waals surface area contributed by atoms with Crippen molar-refractivity contribution in [1.29, 1.82) is 0 Å². The third-order valence-corrected chi connectivity index (χ3v) is 6.12. The molecule has 3 N–H and O–H groups in total. The second-order valence-electron chi connectivity index (χ2n) is 8.23. The maximum Gasteiger partial charge on any atom is 0.309 e. The first-order chi connectivity index (χ1) is 15.4. The van der Waals surface area contributed by atoms with E-state index in [0.717, 1.165) is 56.9 Å². The highest BCUT2D eigenvalue weighted by Crippen LogP contribution is 2.29. The molecule has 0 heterocycles. The van der Waals surface area contributed by atoms with Crippen LogP contribution >= 0.6 is 0 Å². The summed E-state index contributed by atoms with van der Waals surface area (Å²) in [7, 11) is -1.00. The monoisotopic (exact) mass is 441 g/mol. The molecular weight excluding hydrogens is 403 g/mol. The van der Waals surface area contributed by atoms with Crippen LogP contribution in [0.25, 0.3) is 0 Å². The van der Waals surface area contributed by atoms with Gasteiger partial charge in [0.25, 0.3) is 0 Å². The Morgan fingerprint density at radius 3 is 1.81 bits per heavy atom. The van der Waals surface area contributed by atoms with Crippen LogP contribution in [-0.4, -0.2) is 47.6 Å². The standard InChI is InChI=1S/C15H20O3.C8H14O3.CH3F/c16-10-12-6-8-14(9-7-12)15(17)18-11-13-4-2-1-3-5-13;9-5-6-1-3-7(4-2-6)8(10)11;1-2/h1-5,12,14,16H,6-11H2;6-7,9H,1-5H2,(H,10,11);1H3/i;;1D. The average molecular weight is 442 g/mol. The summed E-state index contributed by atoms with van der Waals surface area (Å²) in [5.74, 6) is -0.167. The molecule has 7 heteroatoms. The molecular formula is C24H37FO6. The normalized spacial score (nSPS) is 25.6. The van der Waals surface area contributed by atoms with Crippen LogP contribution in [0.5, 0.6) is 0 Å². The number of hydrogen-bond donors (Lipinski definition) is 3. The van der Waals surface area contributed by atoms with E-state index in [-0.39, 0.29) is 31.0 Å². The Kier molecular flexibility index (Phi) is 12.8. The molecule has 2 aliphatic rings. The molecule has 0 saturated heterocycles. The molecule has 176 valence electrons. The molecule has 31 heavy (non-hydrogen) atoms. The number of benzene rings is 1. The SMILES string of the molecule is O=C(O)C1CCC(CO)CC1.O=C(OCc1ccccc1)C1CCC(CO)CC1.[2H]CF. The van der Waals surface area contributed by atoms with E-state index in [1.807, 2.05) is 30.3 Å². The predicted molar refractivity (Wildman–Crippen MR) is 116 cm³/mol. The molecule has 6 nitrogen and oxygen atoms in total. The van der Waals surface area contributed by atoms with Gasteiger partial charge in [0.05, 0.1) is 20.4 Å². The highest BCUT2D eigenvalue weighted by atomic mass is 19.1. The number of aliphatic carboxylic acids is 1. The van der Waals surface area contributed by atoms with E-state index in [0.29, 0.717) is 18.4 Å². The average Bonchev–Trinajstić information content (AvgIpc) is 2.84. The van der Waals surface area contributed by atoms with E-state index < -0.39 is 13.1 Å². The molecule has 2 fully saturated rings. The maximum absolute atomic E-state index is 11.9. The smallest absolute Gasteiger partial charge is 0.309 e. The van der Waals surface area contributed by atoms with E-state index in [2.05, 4.69) is 0 Å². The zero-order chi connectivity index (χ0) is 23.8. The van der Waals surface area contributed by atoms with Gasteiger partial charge in [0.1, 0.15) is 6.61 Å². The number of halogens is 1. The second-order valence-corrected chi connectivity index (χ2v) is 8.23. The van der Waals surface area contributed by atoms with Crippen LogP contribution in [0.3, 0.4) is 0 Å². The molecule has 3 rings (SSSR count). The molecule has 0 atom stereocenters. The van der Waals surface area contributed by atoms with Gasteiger partial charge in [-0.2, -0.15) is 0 Å². The first-order valence-corrected chi connectivity index (χ1v) is 10.9. The van der Waals surface area contributed by atoms with E-state index in [1.54, 1.807) is 0 Å². The van der Waals surface area contributed by atoms with Gasteiger partial charge in [-0.1, -0.05) is 30.3 Å². The van der Waals surface area contributed by atoms with Crippen LogP contribution in [0.15, 0.2) is 30.3 Å². The lowest BCUT2D eigenvalue weighted by Gasteiger charge is -2.25. The number of carboxylic acid groups (broad SMARTS) is 1. The molecule has 0 bridgehead atoms. The molecule has 0 radical (unpaired) electrons. The van der Waals surface area contributed by atoms with Crippen molar-refractivity contribution in [2.24, 2.45) is 23.7 Å². The Balaban J connectivity index is 0.000000312. The van der Waals surface area contributed by atoms with Crippen molar-refractivity contribution in [3.05, 3.63) is 35.9 Å². The number of carboxylic acids is 1. The molecule has 1 aromatic rings. The third kappa shape index (κ3) is 10.2. The molecule has 0 amide bonds. The van der Waals surface area contributed by atoms with Crippen LogP contribution in [0.2, 0.25) is 0 Å². The van der Waals surface area contributed by atoms with Crippen molar-refractivity contribution in [3.8, 4) is 0 Å². The Labute approximate surface area is 185 Å². The summed E-state index contributed by atoms with van der Waals surface area (Å²) >= 11 is 0. The van der Waals surface area contributed by atoms with Crippen LogP contribution < -0.4 is 0 Å². The summed E-state index contributed by atoms with van der Waals surface area (Å²) in [5.41, 5.74) is 1.02. The van der Waals surface area contributed by atoms with Crippen molar-refractivity contribution in [1.82, 2.24) is 0 Å². The zero-order valence-corrected chi connectivity index (χ0v) is 18.1. The molecule has 2 saturated carbocycles. The van der Waals surface area contributed by atoms with Crippen molar-refractivity contribution >= 4 is 11.9 Å². The molecule has 0 aromatic heterocycles.